The molecule has 0 amide bonds. The van der Waals surface area contributed by atoms with Crippen molar-refractivity contribution in [3.63, 3.8) is 0 Å². The van der Waals surface area contributed by atoms with E-state index in [1.807, 2.05) is 0 Å². The Morgan fingerprint density at radius 2 is 1.28 bits per heavy atom. The van der Waals surface area contributed by atoms with Crippen LogP contribution in [0.2, 0.25) is 0 Å². The molecule has 0 aromatic heterocycles. The maximum absolute atomic E-state index is 11.0. The van der Waals surface area contributed by atoms with Crippen LogP contribution in [-0.2, 0) is 19.1 Å². The Morgan fingerprint density at radius 3 is 1.61 bits per heavy atom. The summed E-state index contributed by atoms with van der Waals surface area (Å²) in [7, 11) is 2.99. The Morgan fingerprint density at radius 1 is 0.889 bits per heavy atom. The normalized spacial score (nSPS) is 9.00. The maximum Gasteiger partial charge on any atom is 0.307 e. The highest BCUT2D eigenvalue weighted by molar-refractivity contribution is 8.76. The first-order chi connectivity index (χ1) is 8.70. The quantitative estimate of drug-likeness (QED) is 0.277. The standard InChI is InChI=1S/C12H14O4S2/c1-3-7-15-11(13)5-9-17-18-10-6-12(14)16-8-4-2/h1-2H,5-10H2. The Balaban J connectivity index is 3.31. The van der Waals surface area contributed by atoms with Crippen molar-refractivity contribution >= 4 is 33.5 Å². The number of ether oxygens (including phenoxy) is 2. The summed E-state index contributed by atoms with van der Waals surface area (Å²) in [5, 5.41) is 0. The van der Waals surface area contributed by atoms with Crippen LogP contribution in [0.3, 0.4) is 0 Å². The van der Waals surface area contributed by atoms with Crippen LogP contribution in [0.1, 0.15) is 12.8 Å². The van der Waals surface area contributed by atoms with Gasteiger partial charge >= 0.3 is 11.9 Å². The van der Waals surface area contributed by atoms with E-state index < -0.39 is 0 Å². The lowest BCUT2D eigenvalue weighted by Gasteiger charge is -2.02. The minimum absolute atomic E-state index is 0.0116. The van der Waals surface area contributed by atoms with Crippen LogP contribution in [0.5, 0.6) is 0 Å². The molecule has 0 atom stereocenters. The van der Waals surface area contributed by atoms with E-state index >= 15 is 0 Å². The predicted molar refractivity (Wildman–Crippen MR) is 73.7 cm³/mol. The van der Waals surface area contributed by atoms with E-state index in [0.717, 1.165) is 0 Å². The molecule has 0 spiro atoms. The minimum atomic E-state index is -0.311. The molecule has 0 radical (unpaired) electrons. The molecule has 0 saturated carbocycles. The number of rotatable bonds is 9. The third-order valence-corrected chi connectivity index (χ3v) is 3.90. The summed E-state index contributed by atoms with van der Waals surface area (Å²) in [5.41, 5.74) is 0. The fourth-order valence-corrected chi connectivity index (χ4v) is 2.70. The van der Waals surface area contributed by atoms with Gasteiger partial charge in [0.15, 0.2) is 13.2 Å². The molecule has 0 aromatic carbocycles. The highest BCUT2D eigenvalue weighted by Crippen LogP contribution is 2.22. The smallest absolute Gasteiger partial charge is 0.307 e. The van der Waals surface area contributed by atoms with E-state index in [9.17, 15) is 9.59 Å². The van der Waals surface area contributed by atoms with Crippen LogP contribution in [-0.4, -0.2) is 36.7 Å². The average molecular weight is 286 g/mol. The van der Waals surface area contributed by atoms with Gasteiger partial charge in [0, 0.05) is 11.5 Å². The van der Waals surface area contributed by atoms with Crippen LogP contribution >= 0.6 is 21.6 Å². The first kappa shape index (κ1) is 16.8. The molecule has 0 heterocycles. The van der Waals surface area contributed by atoms with Gasteiger partial charge in [0.2, 0.25) is 0 Å². The van der Waals surface area contributed by atoms with Gasteiger partial charge in [-0.05, 0) is 0 Å². The van der Waals surface area contributed by atoms with Crippen molar-refractivity contribution in [2.75, 3.05) is 24.7 Å². The van der Waals surface area contributed by atoms with Gasteiger partial charge in [0.1, 0.15) is 0 Å². The second kappa shape index (κ2) is 12.2. The van der Waals surface area contributed by atoms with Gasteiger partial charge in [-0.2, -0.15) is 0 Å². The van der Waals surface area contributed by atoms with Crippen molar-refractivity contribution in [2.24, 2.45) is 0 Å². The highest BCUT2D eigenvalue weighted by Gasteiger charge is 2.04. The number of hydrogen-bond acceptors (Lipinski definition) is 6. The van der Waals surface area contributed by atoms with Gasteiger partial charge in [-0.3, -0.25) is 9.59 Å². The lowest BCUT2D eigenvalue weighted by Crippen LogP contribution is -2.06. The molecule has 6 heteroatoms. The van der Waals surface area contributed by atoms with Gasteiger partial charge in [0.25, 0.3) is 0 Å². The van der Waals surface area contributed by atoms with Crippen LogP contribution in [0.4, 0.5) is 0 Å². The second-order valence-corrected chi connectivity index (χ2v) is 5.58. The van der Waals surface area contributed by atoms with Crippen molar-refractivity contribution in [2.45, 2.75) is 12.8 Å². The molecule has 0 bridgehead atoms. The van der Waals surface area contributed by atoms with E-state index in [4.69, 9.17) is 12.8 Å². The Kier molecular flexibility index (Phi) is 11.4. The van der Waals surface area contributed by atoms with E-state index in [2.05, 4.69) is 21.3 Å². The van der Waals surface area contributed by atoms with Crippen molar-refractivity contribution < 1.29 is 19.1 Å². The zero-order chi connectivity index (χ0) is 13.6. The Labute approximate surface area is 115 Å². The van der Waals surface area contributed by atoms with E-state index in [1.54, 1.807) is 0 Å². The molecular formula is C12H14O4S2. The third-order valence-electron chi connectivity index (χ3n) is 1.50. The molecule has 18 heavy (non-hydrogen) atoms. The number of esters is 2. The summed E-state index contributed by atoms with van der Waals surface area (Å²) in [4.78, 5) is 22.1. The van der Waals surface area contributed by atoms with Crippen molar-refractivity contribution in [3.05, 3.63) is 0 Å². The Bertz CT molecular complexity index is 307. The average Bonchev–Trinajstić information content (AvgIpc) is 2.37. The van der Waals surface area contributed by atoms with Gasteiger partial charge in [-0.15, -0.1) is 12.8 Å². The van der Waals surface area contributed by atoms with E-state index in [-0.39, 0.29) is 25.2 Å². The first-order valence-corrected chi connectivity index (χ1v) is 7.62. The molecule has 0 saturated heterocycles. The van der Waals surface area contributed by atoms with Crippen LogP contribution in [0.15, 0.2) is 0 Å². The number of hydrogen-bond donors (Lipinski definition) is 0. The van der Waals surface area contributed by atoms with Crippen LogP contribution in [0, 0.1) is 24.7 Å². The molecule has 0 fully saturated rings. The zero-order valence-electron chi connectivity index (χ0n) is 9.85. The largest absolute Gasteiger partial charge is 0.452 e. The molecule has 0 unspecified atom stereocenters. The fourth-order valence-electron chi connectivity index (χ4n) is 0.757. The number of carbonyl (C=O) groups is 2. The molecule has 0 N–H and O–H groups in total. The lowest BCUT2D eigenvalue weighted by molar-refractivity contribution is -0.142. The molecule has 0 aliphatic heterocycles. The summed E-state index contributed by atoms with van der Waals surface area (Å²) < 4.78 is 9.38. The lowest BCUT2D eigenvalue weighted by atomic mass is 10.5. The minimum Gasteiger partial charge on any atom is -0.452 e. The van der Waals surface area contributed by atoms with Crippen molar-refractivity contribution in [1.29, 1.82) is 0 Å². The summed E-state index contributed by atoms with van der Waals surface area (Å²) in [5.74, 6) is 5.05. The number of carbonyl (C=O) groups excluding carboxylic acids is 2. The number of terminal acetylenes is 2. The van der Waals surface area contributed by atoms with Gasteiger partial charge in [-0.25, -0.2) is 0 Å². The van der Waals surface area contributed by atoms with Crippen LogP contribution < -0.4 is 0 Å². The van der Waals surface area contributed by atoms with Gasteiger partial charge in [0.05, 0.1) is 12.8 Å². The third kappa shape index (κ3) is 11.3. The van der Waals surface area contributed by atoms with Crippen molar-refractivity contribution in [3.8, 4) is 24.7 Å². The molecule has 98 valence electrons. The summed E-state index contributed by atoms with van der Waals surface area (Å²) >= 11 is 0. The second-order valence-electron chi connectivity index (χ2n) is 2.87. The molecule has 0 aliphatic rings. The SMILES string of the molecule is C#CCOC(=O)CCSSCCC(=O)OCC#C. The van der Waals surface area contributed by atoms with Gasteiger partial charge in [-0.1, -0.05) is 33.4 Å². The molecule has 0 rings (SSSR count). The van der Waals surface area contributed by atoms with E-state index in [1.165, 1.54) is 21.6 Å². The summed E-state index contributed by atoms with van der Waals surface area (Å²) in [6.07, 6.45) is 10.5. The monoisotopic (exact) mass is 286 g/mol. The van der Waals surface area contributed by atoms with Crippen LogP contribution in [0.25, 0.3) is 0 Å². The van der Waals surface area contributed by atoms with Crippen molar-refractivity contribution in [1.82, 2.24) is 0 Å². The highest BCUT2D eigenvalue weighted by atomic mass is 33.1. The molecule has 0 aromatic rings. The summed E-state index contributed by atoms with van der Waals surface area (Å²) in [6.45, 7) is 0.0231. The predicted octanol–water partition coefficient (Wildman–Crippen LogP) is 1.50. The fraction of sp³-hybridized carbons (Fsp3) is 0.500. The zero-order valence-corrected chi connectivity index (χ0v) is 11.5. The molecule has 0 aliphatic carbocycles. The first-order valence-electron chi connectivity index (χ1n) is 5.13. The molecule has 4 nitrogen and oxygen atoms in total. The maximum atomic E-state index is 11.0. The van der Waals surface area contributed by atoms with Gasteiger partial charge < -0.3 is 9.47 Å². The van der Waals surface area contributed by atoms with E-state index in [0.29, 0.717) is 24.3 Å². The molecular weight excluding hydrogens is 272 g/mol. The topological polar surface area (TPSA) is 52.6 Å². The summed E-state index contributed by atoms with van der Waals surface area (Å²) in [6, 6.07) is 0. The Hall–Kier alpha value is -1.24.